The normalized spacial score (nSPS) is 25.9. The van der Waals surface area contributed by atoms with Gasteiger partial charge in [-0.2, -0.15) is 0 Å². The first kappa shape index (κ1) is 19.2. The Morgan fingerprint density at radius 3 is 2.91 bits per heavy atom. The molecule has 2 heterocycles. The Morgan fingerprint density at radius 1 is 1.50 bits per heavy atom. The Morgan fingerprint density at radius 2 is 2.27 bits per heavy atom. The van der Waals surface area contributed by atoms with Crippen LogP contribution in [0.1, 0.15) is 46.0 Å². The molecule has 0 bridgehead atoms. The van der Waals surface area contributed by atoms with Crippen LogP contribution in [-0.4, -0.2) is 48.9 Å². The van der Waals surface area contributed by atoms with E-state index in [4.69, 9.17) is 0 Å². The summed E-state index contributed by atoms with van der Waals surface area (Å²) >= 11 is 0. The minimum absolute atomic E-state index is 0. The molecule has 0 saturated carbocycles. The topological polar surface area (TPSA) is 61.4 Å². The van der Waals surface area contributed by atoms with E-state index in [1.807, 2.05) is 4.90 Å². The molecule has 2 aliphatic rings. The molecule has 2 saturated heterocycles. The highest BCUT2D eigenvalue weighted by Crippen LogP contribution is 2.22. The van der Waals surface area contributed by atoms with Crippen molar-refractivity contribution in [3.63, 3.8) is 0 Å². The summed E-state index contributed by atoms with van der Waals surface area (Å²) in [6.07, 6.45) is 4.70. The van der Waals surface area contributed by atoms with Gasteiger partial charge in [-0.25, -0.2) is 0 Å². The molecule has 0 aromatic carbocycles. The van der Waals surface area contributed by atoms with Gasteiger partial charge in [0, 0.05) is 25.6 Å². The van der Waals surface area contributed by atoms with Crippen LogP contribution in [0.4, 0.5) is 0 Å². The van der Waals surface area contributed by atoms with Gasteiger partial charge < -0.3 is 15.5 Å². The predicted molar refractivity (Wildman–Crippen MR) is 90.0 cm³/mol. The molecule has 3 atom stereocenters. The maximum absolute atomic E-state index is 12.2. The molecule has 0 aromatic rings. The summed E-state index contributed by atoms with van der Waals surface area (Å²) in [7, 11) is 0. The Labute approximate surface area is 140 Å². The van der Waals surface area contributed by atoms with Gasteiger partial charge in [-0.3, -0.25) is 9.59 Å². The number of carbonyl (C=O) groups excluding carboxylic acids is 2. The van der Waals surface area contributed by atoms with Crippen LogP contribution >= 0.6 is 12.4 Å². The van der Waals surface area contributed by atoms with E-state index in [1.165, 1.54) is 6.42 Å². The van der Waals surface area contributed by atoms with Crippen LogP contribution in [0.15, 0.2) is 0 Å². The van der Waals surface area contributed by atoms with Gasteiger partial charge in [0.15, 0.2) is 0 Å². The zero-order valence-corrected chi connectivity index (χ0v) is 14.6. The number of halogens is 1. The number of hydrogen-bond acceptors (Lipinski definition) is 3. The number of likely N-dealkylation sites (tertiary alicyclic amines) is 1. The zero-order chi connectivity index (χ0) is 15.2. The number of hydrogen-bond donors (Lipinski definition) is 2. The lowest BCUT2D eigenvalue weighted by Gasteiger charge is -2.24. The minimum atomic E-state index is -0.154. The standard InChI is InChI=1S/C16H29N3O2.ClH/c1-3-4-12(2)19-11-14(9-15(19)20)16(21)18-8-6-13-5-7-17-10-13;/h12-14,17H,3-11H2,1-2H3,(H,18,21);1H. The number of amides is 2. The zero-order valence-electron chi connectivity index (χ0n) is 13.8. The second-order valence-electron chi connectivity index (χ2n) is 6.52. The van der Waals surface area contributed by atoms with Crippen molar-refractivity contribution in [2.24, 2.45) is 11.8 Å². The van der Waals surface area contributed by atoms with Crippen LogP contribution in [0, 0.1) is 11.8 Å². The van der Waals surface area contributed by atoms with Crippen LogP contribution < -0.4 is 10.6 Å². The monoisotopic (exact) mass is 331 g/mol. The Hall–Kier alpha value is -0.810. The minimum Gasteiger partial charge on any atom is -0.356 e. The van der Waals surface area contributed by atoms with E-state index < -0.39 is 0 Å². The van der Waals surface area contributed by atoms with Crippen LogP contribution in [-0.2, 0) is 9.59 Å². The summed E-state index contributed by atoms with van der Waals surface area (Å²) in [5, 5.41) is 6.36. The van der Waals surface area contributed by atoms with Crippen molar-refractivity contribution in [1.29, 1.82) is 0 Å². The molecule has 0 radical (unpaired) electrons. The average Bonchev–Trinajstić information content (AvgIpc) is 3.08. The second-order valence-corrected chi connectivity index (χ2v) is 6.52. The third-order valence-electron chi connectivity index (χ3n) is 4.78. The van der Waals surface area contributed by atoms with Crippen LogP contribution in [0.3, 0.4) is 0 Å². The van der Waals surface area contributed by atoms with E-state index in [2.05, 4.69) is 24.5 Å². The molecule has 2 aliphatic heterocycles. The second kappa shape index (κ2) is 9.36. The molecule has 2 N–H and O–H groups in total. The molecule has 2 rings (SSSR count). The maximum atomic E-state index is 12.2. The fourth-order valence-electron chi connectivity index (χ4n) is 3.41. The fraction of sp³-hybridized carbons (Fsp3) is 0.875. The van der Waals surface area contributed by atoms with Gasteiger partial charge in [-0.1, -0.05) is 13.3 Å². The third-order valence-corrected chi connectivity index (χ3v) is 4.78. The average molecular weight is 332 g/mol. The molecule has 5 nitrogen and oxygen atoms in total. The largest absolute Gasteiger partial charge is 0.356 e. The van der Waals surface area contributed by atoms with E-state index in [1.54, 1.807) is 0 Å². The van der Waals surface area contributed by atoms with Crippen LogP contribution in [0.5, 0.6) is 0 Å². The molecule has 0 spiro atoms. The Kier molecular flexibility index (Phi) is 8.18. The first-order chi connectivity index (χ1) is 10.1. The molecular weight excluding hydrogens is 302 g/mol. The highest BCUT2D eigenvalue weighted by atomic mass is 35.5. The van der Waals surface area contributed by atoms with Gasteiger partial charge in [0.2, 0.25) is 11.8 Å². The van der Waals surface area contributed by atoms with Crippen molar-refractivity contribution in [2.75, 3.05) is 26.2 Å². The van der Waals surface area contributed by atoms with Crippen molar-refractivity contribution < 1.29 is 9.59 Å². The molecule has 2 amide bonds. The first-order valence-electron chi connectivity index (χ1n) is 8.39. The molecule has 128 valence electrons. The summed E-state index contributed by atoms with van der Waals surface area (Å²) in [4.78, 5) is 26.1. The fourth-order valence-corrected chi connectivity index (χ4v) is 3.41. The highest BCUT2D eigenvalue weighted by Gasteiger charge is 2.36. The summed E-state index contributed by atoms with van der Waals surface area (Å²) in [6.45, 7) is 7.70. The van der Waals surface area contributed by atoms with E-state index in [0.717, 1.165) is 38.9 Å². The summed E-state index contributed by atoms with van der Waals surface area (Å²) < 4.78 is 0. The van der Waals surface area contributed by atoms with Gasteiger partial charge in [0.1, 0.15) is 0 Å². The van der Waals surface area contributed by atoms with Gasteiger partial charge in [-0.15, -0.1) is 12.4 Å². The first-order valence-corrected chi connectivity index (χ1v) is 8.39. The van der Waals surface area contributed by atoms with Crippen molar-refractivity contribution in [3.05, 3.63) is 0 Å². The number of nitrogens with one attached hydrogen (secondary N) is 2. The molecule has 2 fully saturated rings. The van der Waals surface area contributed by atoms with Gasteiger partial charge in [0.25, 0.3) is 0 Å². The van der Waals surface area contributed by atoms with E-state index in [0.29, 0.717) is 18.9 Å². The van der Waals surface area contributed by atoms with Gasteiger partial charge in [0.05, 0.1) is 5.92 Å². The van der Waals surface area contributed by atoms with Crippen molar-refractivity contribution >= 4 is 24.2 Å². The lowest BCUT2D eigenvalue weighted by molar-refractivity contribution is -0.130. The Balaban J connectivity index is 0.00000242. The highest BCUT2D eigenvalue weighted by molar-refractivity contribution is 5.89. The quantitative estimate of drug-likeness (QED) is 0.744. The number of nitrogens with zero attached hydrogens (tertiary/aromatic N) is 1. The van der Waals surface area contributed by atoms with Crippen molar-refractivity contribution in [1.82, 2.24) is 15.5 Å². The molecule has 22 heavy (non-hydrogen) atoms. The predicted octanol–water partition coefficient (Wildman–Crippen LogP) is 1.56. The summed E-state index contributed by atoms with van der Waals surface area (Å²) in [5.74, 6) is 0.728. The van der Waals surface area contributed by atoms with Gasteiger partial charge >= 0.3 is 0 Å². The third kappa shape index (κ3) is 5.13. The molecule has 0 aromatic heterocycles. The number of rotatable bonds is 7. The summed E-state index contributed by atoms with van der Waals surface area (Å²) in [5.41, 5.74) is 0. The van der Waals surface area contributed by atoms with Crippen molar-refractivity contribution in [2.45, 2.75) is 52.0 Å². The van der Waals surface area contributed by atoms with E-state index in [9.17, 15) is 9.59 Å². The Bertz CT molecular complexity index is 372. The lowest BCUT2D eigenvalue weighted by atomic mass is 10.0. The molecule has 0 aliphatic carbocycles. The molecule has 6 heteroatoms. The number of carbonyl (C=O) groups is 2. The lowest BCUT2D eigenvalue weighted by Crippen LogP contribution is -2.37. The SMILES string of the molecule is CCCC(C)N1CC(C(=O)NCCC2CCNC2)CC1=O.Cl. The smallest absolute Gasteiger partial charge is 0.225 e. The maximum Gasteiger partial charge on any atom is 0.225 e. The molecule has 3 unspecified atom stereocenters. The van der Waals surface area contributed by atoms with Crippen molar-refractivity contribution in [3.8, 4) is 0 Å². The van der Waals surface area contributed by atoms with E-state index >= 15 is 0 Å². The summed E-state index contributed by atoms with van der Waals surface area (Å²) in [6, 6.07) is 0.255. The van der Waals surface area contributed by atoms with E-state index in [-0.39, 0.29) is 36.2 Å². The van der Waals surface area contributed by atoms with Crippen LogP contribution in [0.25, 0.3) is 0 Å². The molecular formula is C16H30ClN3O2. The van der Waals surface area contributed by atoms with Gasteiger partial charge in [-0.05, 0) is 45.2 Å². The van der Waals surface area contributed by atoms with Crippen LogP contribution in [0.2, 0.25) is 0 Å².